The number of aryl methyl sites for hydroxylation is 2. The summed E-state index contributed by atoms with van der Waals surface area (Å²) in [6, 6.07) is 23.1. The largest absolute Gasteiger partial charge is 0.410 e. The molecule has 8 nitrogen and oxygen atoms in total. The van der Waals surface area contributed by atoms with Crippen LogP contribution in [0.4, 0.5) is 11.4 Å². The fourth-order valence-corrected chi connectivity index (χ4v) is 6.59. The van der Waals surface area contributed by atoms with Crippen LogP contribution in [0.15, 0.2) is 99.9 Å². The maximum absolute atomic E-state index is 13.1. The highest BCUT2D eigenvalue weighted by atomic mass is 32.2. The maximum Gasteiger partial charge on any atom is 0.261 e. The van der Waals surface area contributed by atoms with Gasteiger partial charge < -0.3 is 5.21 Å². The molecular weight excluding hydrogens is 510 g/mol. The van der Waals surface area contributed by atoms with Gasteiger partial charge >= 0.3 is 0 Å². The first-order chi connectivity index (χ1) is 17.6. The molecule has 0 heterocycles. The van der Waals surface area contributed by atoms with Gasteiger partial charge in [0, 0.05) is 11.1 Å². The van der Waals surface area contributed by atoms with E-state index in [-0.39, 0.29) is 15.5 Å². The van der Waals surface area contributed by atoms with Crippen LogP contribution in [0.2, 0.25) is 0 Å². The normalized spacial score (nSPS) is 12.5. The Hall–Kier alpha value is -4.15. The van der Waals surface area contributed by atoms with Crippen molar-refractivity contribution in [3.05, 3.63) is 107 Å². The van der Waals surface area contributed by atoms with Gasteiger partial charge in [0.25, 0.3) is 20.0 Å². The van der Waals surface area contributed by atoms with Crippen LogP contribution in [0, 0.1) is 13.8 Å². The summed E-state index contributed by atoms with van der Waals surface area (Å²) in [4.78, 5) is -0.0324. The minimum absolute atomic E-state index is 0.0162. The maximum atomic E-state index is 13.1. The zero-order valence-electron chi connectivity index (χ0n) is 19.9. The van der Waals surface area contributed by atoms with Gasteiger partial charge in [-0.15, -0.1) is 0 Å². The van der Waals surface area contributed by atoms with Crippen molar-refractivity contribution in [1.82, 2.24) is 0 Å². The van der Waals surface area contributed by atoms with Crippen molar-refractivity contribution in [2.45, 2.75) is 23.6 Å². The summed E-state index contributed by atoms with van der Waals surface area (Å²) < 4.78 is 57.6. The monoisotopic (exact) mass is 533 g/mol. The molecule has 0 spiro atoms. The van der Waals surface area contributed by atoms with Crippen molar-refractivity contribution in [3.8, 4) is 11.1 Å². The highest BCUT2D eigenvalue weighted by molar-refractivity contribution is 7.93. The summed E-state index contributed by atoms with van der Waals surface area (Å²) in [5, 5.41) is 13.2. The van der Waals surface area contributed by atoms with E-state index in [0.717, 1.165) is 11.1 Å². The number of para-hydroxylation sites is 2. The van der Waals surface area contributed by atoms with Gasteiger partial charge in [-0.3, -0.25) is 9.44 Å². The lowest BCUT2D eigenvalue weighted by molar-refractivity contribution is 0.320. The third kappa shape index (κ3) is 4.45. The molecule has 0 atom stereocenters. The fourth-order valence-electron chi connectivity index (χ4n) is 4.28. The third-order valence-corrected chi connectivity index (χ3v) is 9.01. The van der Waals surface area contributed by atoms with Gasteiger partial charge in [0.2, 0.25) is 0 Å². The first kappa shape index (κ1) is 24.5. The lowest BCUT2D eigenvalue weighted by atomic mass is 10.1. The minimum atomic E-state index is -3.94. The average Bonchev–Trinajstić information content (AvgIpc) is 3.19. The van der Waals surface area contributed by atoms with Gasteiger partial charge in [-0.2, -0.15) is 0 Å². The predicted octanol–water partition coefficient (Wildman–Crippen LogP) is 5.11. The topological polar surface area (TPSA) is 125 Å². The Morgan fingerprint density at radius 3 is 1.38 bits per heavy atom. The molecule has 0 radical (unpaired) electrons. The van der Waals surface area contributed by atoms with E-state index in [1.54, 1.807) is 62.4 Å². The summed E-state index contributed by atoms with van der Waals surface area (Å²) in [7, 11) is -7.88. The quantitative estimate of drug-likeness (QED) is 0.207. The highest BCUT2D eigenvalue weighted by Crippen LogP contribution is 2.39. The second kappa shape index (κ2) is 9.06. The molecule has 0 aliphatic heterocycles. The first-order valence-corrected chi connectivity index (χ1v) is 14.3. The number of benzene rings is 4. The van der Waals surface area contributed by atoms with Crippen LogP contribution in [0.5, 0.6) is 0 Å². The van der Waals surface area contributed by atoms with Crippen LogP contribution in [-0.4, -0.2) is 27.8 Å². The summed E-state index contributed by atoms with van der Waals surface area (Å²) in [6.45, 7) is 3.60. The number of rotatable bonds is 6. The van der Waals surface area contributed by atoms with E-state index >= 15 is 0 Å². The van der Waals surface area contributed by atoms with E-state index < -0.39 is 20.0 Å². The van der Waals surface area contributed by atoms with Crippen molar-refractivity contribution in [1.29, 1.82) is 0 Å². The molecule has 1 aliphatic rings. The number of hydrogen-bond donors (Lipinski definition) is 3. The van der Waals surface area contributed by atoms with E-state index in [2.05, 4.69) is 14.6 Å². The summed E-state index contributed by atoms with van der Waals surface area (Å²) in [5.74, 6) is 0. The van der Waals surface area contributed by atoms with E-state index in [4.69, 9.17) is 0 Å². The fraction of sp³-hybridized carbons (Fsp3) is 0.0741. The van der Waals surface area contributed by atoms with Crippen LogP contribution < -0.4 is 9.44 Å². The second-order valence-corrected chi connectivity index (χ2v) is 12.1. The molecule has 0 aromatic heterocycles. The van der Waals surface area contributed by atoms with Gasteiger partial charge in [0.05, 0.1) is 21.2 Å². The van der Waals surface area contributed by atoms with Gasteiger partial charge in [-0.25, -0.2) is 16.8 Å². The van der Waals surface area contributed by atoms with Crippen molar-refractivity contribution < 1.29 is 22.0 Å². The van der Waals surface area contributed by atoms with Crippen LogP contribution in [0.1, 0.15) is 22.3 Å². The number of nitrogens with one attached hydrogen (secondary N) is 2. The van der Waals surface area contributed by atoms with Crippen LogP contribution >= 0.6 is 0 Å². The molecule has 0 bridgehead atoms. The Bertz CT molecular complexity index is 1670. The van der Waals surface area contributed by atoms with Crippen molar-refractivity contribution in [2.24, 2.45) is 5.16 Å². The third-order valence-electron chi connectivity index (χ3n) is 6.28. The number of sulfonamides is 2. The number of nitrogens with zero attached hydrogens (tertiary/aromatic N) is 1. The van der Waals surface area contributed by atoms with Gasteiger partial charge in [-0.1, -0.05) is 53.7 Å². The van der Waals surface area contributed by atoms with Crippen molar-refractivity contribution in [3.63, 3.8) is 0 Å². The molecule has 188 valence electrons. The van der Waals surface area contributed by atoms with E-state index in [1.807, 2.05) is 12.1 Å². The Balaban J connectivity index is 1.51. The Morgan fingerprint density at radius 2 is 1.00 bits per heavy atom. The standard InChI is InChI=1S/C27H23N3O5S2/c1-17-7-3-5-9-25(17)29-36(32,33)19-11-13-21-22-14-12-20(16-24(22)27(28-31)23(21)15-19)37(34,35)30-26-10-6-4-8-18(26)2/h3-16,29-31H,1-2H3. The number of fused-ring (bicyclic) bond motifs is 3. The van der Waals surface area contributed by atoms with Crippen LogP contribution in [0.3, 0.4) is 0 Å². The molecule has 10 heteroatoms. The lowest BCUT2D eigenvalue weighted by Gasteiger charge is -2.11. The Kier molecular flexibility index (Phi) is 6.01. The van der Waals surface area contributed by atoms with E-state index in [0.29, 0.717) is 33.6 Å². The molecule has 1 aliphatic carbocycles. The number of anilines is 2. The van der Waals surface area contributed by atoms with E-state index in [9.17, 15) is 22.0 Å². The zero-order chi connectivity index (χ0) is 26.4. The second-order valence-electron chi connectivity index (χ2n) is 8.70. The molecule has 4 aromatic carbocycles. The van der Waals surface area contributed by atoms with Crippen molar-refractivity contribution in [2.75, 3.05) is 9.44 Å². The van der Waals surface area contributed by atoms with Crippen LogP contribution in [-0.2, 0) is 20.0 Å². The summed E-state index contributed by atoms with van der Waals surface area (Å²) in [5.41, 5.74) is 4.57. The molecule has 5 rings (SSSR count). The average molecular weight is 534 g/mol. The number of oxime groups is 1. The smallest absolute Gasteiger partial charge is 0.261 e. The van der Waals surface area contributed by atoms with Gasteiger partial charge in [-0.05, 0) is 72.5 Å². The zero-order valence-corrected chi connectivity index (χ0v) is 21.6. The molecule has 37 heavy (non-hydrogen) atoms. The van der Waals surface area contributed by atoms with Gasteiger partial charge in [0.1, 0.15) is 5.71 Å². The first-order valence-electron chi connectivity index (χ1n) is 11.3. The van der Waals surface area contributed by atoms with E-state index in [1.165, 1.54) is 24.3 Å². The molecule has 0 amide bonds. The molecule has 0 saturated heterocycles. The Labute approximate surface area is 215 Å². The molecule has 0 fully saturated rings. The number of hydrogen-bond acceptors (Lipinski definition) is 6. The molecular formula is C27H23N3O5S2. The Morgan fingerprint density at radius 1 is 0.595 bits per heavy atom. The van der Waals surface area contributed by atoms with Crippen LogP contribution in [0.25, 0.3) is 11.1 Å². The highest BCUT2D eigenvalue weighted by Gasteiger charge is 2.30. The molecule has 4 aromatic rings. The van der Waals surface area contributed by atoms with Crippen molar-refractivity contribution >= 4 is 37.1 Å². The molecule has 3 N–H and O–H groups in total. The SMILES string of the molecule is Cc1ccccc1NS(=O)(=O)c1ccc2c(c1)C(=NO)c1cc(S(=O)(=O)Nc3ccccc3C)ccc1-2. The van der Waals surface area contributed by atoms with Gasteiger partial charge in [0.15, 0.2) is 0 Å². The predicted molar refractivity (Wildman–Crippen MR) is 143 cm³/mol. The molecule has 0 saturated carbocycles. The minimum Gasteiger partial charge on any atom is -0.410 e. The summed E-state index contributed by atoms with van der Waals surface area (Å²) >= 11 is 0. The summed E-state index contributed by atoms with van der Waals surface area (Å²) in [6.07, 6.45) is 0. The molecule has 0 unspecified atom stereocenters. The lowest BCUT2D eigenvalue weighted by Crippen LogP contribution is -2.15.